The van der Waals surface area contributed by atoms with E-state index < -0.39 is 0 Å². The van der Waals surface area contributed by atoms with Crippen molar-refractivity contribution in [3.8, 4) is 45.3 Å². The molecule has 12 rings (SSSR count). The first-order chi connectivity index (χ1) is 28.2. The molecule has 0 aliphatic heterocycles. The number of rotatable bonds is 4. The highest BCUT2D eigenvalue weighted by Crippen LogP contribution is 2.46. The van der Waals surface area contributed by atoms with Crippen molar-refractivity contribution in [2.75, 3.05) is 0 Å². The second kappa shape index (κ2) is 12.3. The standard InChI is InChI=1S/C52H33N3O2/c1-30-22-24-35-33(28-30)23-27-45-47(35)48-38(19-11-21-44(48)56-45)39-25-26-41(46-40-18-9-10-20-43(40)57-49(39)46)51-53-50(31-12-3-2-4-13-31)54-52(55-51)42-29-32-14-5-6-15-34(32)36-16-7-8-17-37(36)42/h2-27,29-30H,28H2,1H3. The minimum absolute atomic E-state index is 0.494. The maximum atomic E-state index is 6.88. The number of aromatic nitrogens is 3. The van der Waals surface area contributed by atoms with Crippen LogP contribution < -0.4 is 0 Å². The van der Waals surface area contributed by atoms with E-state index in [9.17, 15) is 0 Å². The molecule has 0 fully saturated rings. The fourth-order valence-corrected chi connectivity index (χ4v) is 9.05. The molecule has 3 aromatic heterocycles. The Hall–Kier alpha value is -7.37. The minimum Gasteiger partial charge on any atom is -0.456 e. The van der Waals surface area contributed by atoms with Crippen LogP contribution in [0.4, 0.5) is 0 Å². The number of para-hydroxylation sites is 1. The Kier molecular flexibility index (Phi) is 6.90. The fourth-order valence-electron chi connectivity index (χ4n) is 9.05. The molecule has 0 radical (unpaired) electrons. The zero-order valence-corrected chi connectivity index (χ0v) is 31.0. The average Bonchev–Trinajstić information content (AvgIpc) is 3.85. The van der Waals surface area contributed by atoms with Crippen LogP contribution in [-0.2, 0) is 6.42 Å². The van der Waals surface area contributed by atoms with Crippen molar-refractivity contribution in [2.45, 2.75) is 13.3 Å². The van der Waals surface area contributed by atoms with Crippen molar-refractivity contribution in [1.82, 2.24) is 15.0 Å². The maximum Gasteiger partial charge on any atom is 0.164 e. The molecule has 0 amide bonds. The number of hydrogen-bond donors (Lipinski definition) is 0. The van der Waals surface area contributed by atoms with Gasteiger partial charge in [-0.25, -0.2) is 15.0 Å². The molecule has 0 spiro atoms. The summed E-state index contributed by atoms with van der Waals surface area (Å²) in [7, 11) is 0. The highest BCUT2D eigenvalue weighted by molar-refractivity contribution is 6.21. The number of allylic oxidation sites excluding steroid dienone is 1. The summed E-state index contributed by atoms with van der Waals surface area (Å²) in [5.41, 5.74) is 10.7. The van der Waals surface area contributed by atoms with Gasteiger partial charge in [-0.05, 0) is 87.0 Å². The Balaban J connectivity index is 1.15. The summed E-state index contributed by atoms with van der Waals surface area (Å²) in [6.45, 7) is 2.27. The molecule has 11 aromatic rings. The highest BCUT2D eigenvalue weighted by atomic mass is 16.3. The Bertz CT molecular complexity index is 3470. The highest BCUT2D eigenvalue weighted by Gasteiger charge is 2.25. The predicted molar refractivity (Wildman–Crippen MR) is 233 cm³/mol. The first kappa shape index (κ1) is 31.9. The molecule has 5 heteroatoms. The summed E-state index contributed by atoms with van der Waals surface area (Å²) < 4.78 is 13.4. The lowest BCUT2D eigenvalue weighted by Gasteiger charge is -2.16. The van der Waals surface area contributed by atoms with E-state index in [2.05, 4.69) is 140 Å². The van der Waals surface area contributed by atoms with Crippen LogP contribution >= 0.6 is 0 Å². The van der Waals surface area contributed by atoms with E-state index in [1.807, 2.05) is 30.3 Å². The van der Waals surface area contributed by atoms with E-state index in [0.29, 0.717) is 23.4 Å². The van der Waals surface area contributed by atoms with E-state index in [1.165, 1.54) is 16.5 Å². The molecule has 57 heavy (non-hydrogen) atoms. The van der Waals surface area contributed by atoms with Crippen LogP contribution in [0.3, 0.4) is 0 Å². The van der Waals surface area contributed by atoms with Gasteiger partial charge in [0, 0.05) is 43.8 Å². The van der Waals surface area contributed by atoms with Crippen molar-refractivity contribution in [3.05, 3.63) is 169 Å². The Morgan fingerprint density at radius 2 is 1.16 bits per heavy atom. The van der Waals surface area contributed by atoms with Gasteiger partial charge in [-0.2, -0.15) is 0 Å². The van der Waals surface area contributed by atoms with Gasteiger partial charge in [-0.3, -0.25) is 0 Å². The third-order valence-electron chi connectivity index (χ3n) is 11.7. The van der Waals surface area contributed by atoms with E-state index in [4.69, 9.17) is 23.8 Å². The molecule has 1 atom stereocenters. The monoisotopic (exact) mass is 731 g/mol. The van der Waals surface area contributed by atoms with Gasteiger partial charge in [0.2, 0.25) is 0 Å². The van der Waals surface area contributed by atoms with Crippen LogP contribution in [0.25, 0.3) is 117 Å². The van der Waals surface area contributed by atoms with Crippen LogP contribution in [-0.4, -0.2) is 15.0 Å². The Morgan fingerprint density at radius 3 is 2.04 bits per heavy atom. The molecule has 1 unspecified atom stereocenters. The van der Waals surface area contributed by atoms with Crippen LogP contribution in [0.1, 0.15) is 18.1 Å². The third-order valence-corrected chi connectivity index (χ3v) is 11.7. The molecule has 0 bridgehead atoms. The zero-order valence-electron chi connectivity index (χ0n) is 31.0. The van der Waals surface area contributed by atoms with Gasteiger partial charge in [0.05, 0.1) is 0 Å². The van der Waals surface area contributed by atoms with Gasteiger partial charge >= 0.3 is 0 Å². The van der Waals surface area contributed by atoms with Crippen molar-refractivity contribution in [3.63, 3.8) is 0 Å². The van der Waals surface area contributed by atoms with Crippen LogP contribution in [0, 0.1) is 5.92 Å². The zero-order chi connectivity index (χ0) is 37.6. The second-order valence-electron chi connectivity index (χ2n) is 15.2. The molecule has 1 aliphatic rings. The number of nitrogens with zero attached hydrogens (tertiary/aromatic N) is 3. The lowest BCUT2D eigenvalue weighted by molar-refractivity contribution is 0.667. The molecular formula is C52H33N3O2. The fraction of sp³-hybridized carbons (Fsp3) is 0.0577. The number of furan rings is 2. The van der Waals surface area contributed by atoms with Crippen molar-refractivity contribution in [2.24, 2.45) is 5.92 Å². The Morgan fingerprint density at radius 1 is 0.474 bits per heavy atom. The molecule has 0 saturated heterocycles. The van der Waals surface area contributed by atoms with Gasteiger partial charge in [0.25, 0.3) is 0 Å². The van der Waals surface area contributed by atoms with Crippen molar-refractivity contribution >= 4 is 71.5 Å². The number of benzene rings is 8. The first-order valence-electron chi connectivity index (χ1n) is 19.5. The lowest BCUT2D eigenvalue weighted by atomic mass is 9.87. The number of hydrogen-bond acceptors (Lipinski definition) is 5. The molecule has 0 saturated carbocycles. The largest absolute Gasteiger partial charge is 0.456 e. The molecule has 3 heterocycles. The normalized spacial score (nSPS) is 14.1. The van der Waals surface area contributed by atoms with E-state index >= 15 is 0 Å². The second-order valence-corrected chi connectivity index (χ2v) is 15.2. The van der Waals surface area contributed by atoms with Gasteiger partial charge in [-0.15, -0.1) is 0 Å². The van der Waals surface area contributed by atoms with Crippen LogP contribution in [0.2, 0.25) is 0 Å². The van der Waals surface area contributed by atoms with E-state index in [0.717, 1.165) is 94.3 Å². The summed E-state index contributed by atoms with van der Waals surface area (Å²) in [6, 6.07) is 52.6. The van der Waals surface area contributed by atoms with Gasteiger partial charge in [-0.1, -0.05) is 134 Å². The smallest absolute Gasteiger partial charge is 0.164 e. The lowest BCUT2D eigenvalue weighted by Crippen LogP contribution is -2.03. The minimum atomic E-state index is 0.494. The van der Waals surface area contributed by atoms with Crippen molar-refractivity contribution in [1.29, 1.82) is 0 Å². The molecule has 5 nitrogen and oxygen atoms in total. The van der Waals surface area contributed by atoms with Crippen molar-refractivity contribution < 1.29 is 8.83 Å². The molecule has 0 N–H and O–H groups in total. The van der Waals surface area contributed by atoms with Gasteiger partial charge in [0.1, 0.15) is 22.3 Å². The maximum absolute atomic E-state index is 6.88. The predicted octanol–water partition coefficient (Wildman–Crippen LogP) is 13.9. The Labute approximate surface area is 327 Å². The van der Waals surface area contributed by atoms with E-state index in [1.54, 1.807) is 0 Å². The summed E-state index contributed by atoms with van der Waals surface area (Å²) in [4.78, 5) is 15.8. The van der Waals surface area contributed by atoms with Gasteiger partial charge in [0.15, 0.2) is 17.5 Å². The topological polar surface area (TPSA) is 65.0 Å². The van der Waals surface area contributed by atoms with Gasteiger partial charge < -0.3 is 8.83 Å². The van der Waals surface area contributed by atoms with Crippen LogP contribution in [0.5, 0.6) is 0 Å². The third kappa shape index (κ3) is 4.92. The summed E-state index contributed by atoms with van der Waals surface area (Å²) >= 11 is 0. The van der Waals surface area contributed by atoms with E-state index in [-0.39, 0.29) is 0 Å². The van der Waals surface area contributed by atoms with Crippen LogP contribution in [0.15, 0.2) is 167 Å². The summed E-state index contributed by atoms with van der Waals surface area (Å²) in [6.07, 6.45) is 5.59. The molecule has 1 aliphatic carbocycles. The summed E-state index contributed by atoms with van der Waals surface area (Å²) in [5, 5.41) is 8.78. The number of fused-ring (bicyclic) bond motifs is 11. The molecule has 268 valence electrons. The molecular weight excluding hydrogens is 699 g/mol. The SMILES string of the molecule is CC1C=Cc2c(ccc3oc4cccc(-c5ccc(-c6nc(-c7ccccc7)nc(-c7cc8ccccc8c8ccccc78)n6)c6c5oc5ccccc56)c4c23)C1. The quantitative estimate of drug-likeness (QED) is 0.169. The first-order valence-corrected chi connectivity index (χ1v) is 19.5. The molecule has 8 aromatic carbocycles. The summed E-state index contributed by atoms with van der Waals surface area (Å²) in [5.74, 6) is 2.31. The average molecular weight is 732 g/mol.